The number of carbonyl (C=O) groups excluding carboxylic acids is 1. The van der Waals surface area contributed by atoms with Crippen LogP contribution < -0.4 is 9.73 Å². The van der Waals surface area contributed by atoms with Crippen LogP contribution in [0.15, 0.2) is 93.8 Å². The van der Waals surface area contributed by atoms with Crippen molar-refractivity contribution in [2.75, 3.05) is 17.1 Å². The SMILES string of the molecule is CSc1ccc(S(=O)(=O)N(CC(=O)N/N=C/c2cc(C)n(-c3ccccc3Cl)c2C)c2ccc(C)cc2)cc1. The Morgan fingerprint density at radius 1 is 1.03 bits per heavy atom. The molecule has 0 spiro atoms. The Bertz CT molecular complexity index is 1610. The Labute approximate surface area is 238 Å². The van der Waals surface area contributed by atoms with Gasteiger partial charge in [-0.1, -0.05) is 41.4 Å². The number of aromatic nitrogens is 1. The van der Waals surface area contributed by atoms with Crippen molar-refractivity contribution >= 4 is 51.2 Å². The molecule has 3 aromatic carbocycles. The lowest BCUT2D eigenvalue weighted by atomic mass is 10.2. The van der Waals surface area contributed by atoms with E-state index in [1.807, 2.05) is 61.9 Å². The maximum Gasteiger partial charge on any atom is 0.264 e. The maximum atomic E-state index is 13.6. The molecule has 1 aromatic heterocycles. The molecule has 0 radical (unpaired) electrons. The van der Waals surface area contributed by atoms with Crippen molar-refractivity contribution in [3.63, 3.8) is 0 Å². The van der Waals surface area contributed by atoms with E-state index >= 15 is 0 Å². The minimum Gasteiger partial charge on any atom is -0.316 e. The summed E-state index contributed by atoms with van der Waals surface area (Å²) >= 11 is 7.91. The number of carbonyl (C=O) groups is 1. The summed E-state index contributed by atoms with van der Waals surface area (Å²) in [4.78, 5) is 14.0. The molecule has 1 heterocycles. The molecule has 10 heteroatoms. The fraction of sp³-hybridized carbons (Fsp3) is 0.172. The van der Waals surface area contributed by atoms with Crippen LogP contribution in [0.2, 0.25) is 5.02 Å². The Morgan fingerprint density at radius 3 is 2.33 bits per heavy atom. The number of hydrogen-bond acceptors (Lipinski definition) is 5. The quantitative estimate of drug-likeness (QED) is 0.147. The number of amides is 1. The number of anilines is 1. The van der Waals surface area contributed by atoms with E-state index in [4.69, 9.17) is 11.6 Å². The van der Waals surface area contributed by atoms with Crippen molar-refractivity contribution in [3.05, 3.63) is 106 Å². The van der Waals surface area contributed by atoms with Gasteiger partial charge in [-0.2, -0.15) is 5.10 Å². The first-order chi connectivity index (χ1) is 18.6. The summed E-state index contributed by atoms with van der Waals surface area (Å²) < 4.78 is 30.3. The van der Waals surface area contributed by atoms with Crippen LogP contribution in [0, 0.1) is 20.8 Å². The molecule has 0 bridgehead atoms. The monoisotopic (exact) mass is 580 g/mol. The van der Waals surface area contributed by atoms with Crippen molar-refractivity contribution in [2.24, 2.45) is 5.10 Å². The summed E-state index contributed by atoms with van der Waals surface area (Å²) in [5.41, 5.74) is 7.34. The minimum absolute atomic E-state index is 0.101. The molecule has 7 nitrogen and oxygen atoms in total. The minimum atomic E-state index is -4.01. The molecule has 0 aliphatic heterocycles. The third-order valence-corrected chi connectivity index (χ3v) is 9.06. The Kier molecular flexibility index (Phi) is 8.84. The predicted molar refractivity (Wildman–Crippen MR) is 160 cm³/mol. The Balaban J connectivity index is 1.56. The Morgan fingerprint density at radius 2 is 1.69 bits per heavy atom. The van der Waals surface area contributed by atoms with Crippen LogP contribution in [-0.2, 0) is 14.8 Å². The third-order valence-electron chi connectivity index (χ3n) is 6.21. The molecule has 1 amide bonds. The molecule has 0 saturated heterocycles. The zero-order chi connectivity index (χ0) is 28.2. The van der Waals surface area contributed by atoms with Crippen LogP contribution in [-0.4, -0.2) is 37.9 Å². The van der Waals surface area contributed by atoms with Crippen LogP contribution in [0.3, 0.4) is 0 Å². The molecule has 0 aliphatic carbocycles. The highest BCUT2D eigenvalue weighted by Gasteiger charge is 2.27. The number of nitrogens with zero attached hydrogens (tertiary/aromatic N) is 3. The summed E-state index contributed by atoms with van der Waals surface area (Å²) in [7, 11) is -4.01. The number of para-hydroxylation sites is 1. The molecule has 202 valence electrons. The van der Waals surface area contributed by atoms with Gasteiger partial charge in [0, 0.05) is 21.8 Å². The fourth-order valence-electron chi connectivity index (χ4n) is 4.16. The van der Waals surface area contributed by atoms with Gasteiger partial charge in [-0.05, 0) is 81.6 Å². The first-order valence-corrected chi connectivity index (χ1v) is 15.2. The number of hydrazone groups is 1. The lowest BCUT2D eigenvalue weighted by Gasteiger charge is -2.24. The number of sulfonamides is 1. The molecule has 0 fully saturated rings. The third kappa shape index (κ3) is 6.38. The molecule has 39 heavy (non-hydrogen) atoms. The highest BCUT2D eigenvalue weighted by atomic mass is 35.5. The summed E-state index contributed by atoms with van der Waals surface area (Å²) in [5.74, 6) is -0.573. The second-order valence-electron chi connectivity index (χ2n) is 8.93. The number of hydrogen-bond donors (Lipinski definition) is 1. The van der Waals surface area contributed by atoms with Crippen molar-refractivity contribution < 1.29 is 13.2 Å². The van der Waals surface area contributed by atoms with E-state index in [1.54, 1.807) is 54.7 Å². The lowest BCUT2D eigenvalue weighted by molar-refractivity contribution is -0.119. The molecular formula is C29H29ClN4O3S2. The number of halogens is 1. The van der Waals surface area contributed by atoms with Gasteiger partial charge in [0.2, 0.25) is 0 Å². The van der Waals surface area contributed by atoms with E-state index < -0.39 is 22.5 Å². The molecule has 0 aliphatic rings. The van der Waals surface area contributed by atoms with Gasteiger partial charge in [0.05, 0.1) is 27.5 Å². The van der Waals surface area contributed by atoms with Crippen molar-refractivity contribution in [3.8, 4) is 5.69 Å². The highest BCUT2D eigenvalue weighted by Crippen LogP contribution is 2.27. The first kappa shape index (κ1) is 28.5. The second kappa shape index (κ2) is 12.1. The van der Waals surface area contributed by atoms with Crippen LogP contribution in [0.25, 0.3) is 5.69 Å². The van der Waals surface area contributed by atoms with Crippen LogP contribution in [0.5, 0.6) is 0 Å². The number of rotatable bonds is 9. The van der Waals surface area contributed by atoms with E-state index in [2.05, 4.69) is 10.5 Å². The molecule has 0 saturated carbocycles. The van der Waals surface area contributed by atoms with Gasteiger partial charge < -0.3 is 4.57 Å². The van der Waals surface area contributed by atoms with Crippen molar-refractivity contribution in [2.45, 2.75) is 30.6 Å². The summed E-state index contributed by atoms with van der Waals surface area (Å²) in [6.45, 7) is 5.37. The molecule has 0 atom stereocenters. The van der Waals surface area contributed by atoms with Crippen molar-refractivity contribution in [1.29, 1.82) is 0 Å². The Hall–Kier alpha value is -3.53. The summed E-state index contributed by atoms with van der Waals surface area (Å²) in [6, 6.07) is 23.1. The topological polar surface area (TPSA) is 83.8 Å². The van der Waals surface area contributed by atoms with Crippen LogP contribution >= 0.6 is 23.4 Å². The fourth-order valence-corrected chi connectivity index (χ4v) is 6.21. The summed E-state index contributed by atoms with van der Waals surface area (Å²) in [5, 5.41) is 4.74. The highest BCUT2D eigenvalue weighted by molar-refractivity contribution is 7.98. The van der Waals surface area contributed by atoms with E-state index in [0.29, 0.717) is 10.7 Å². The molecular weight excluding hydrogens is 552 g/mol. The first-order valence-electron chi connectivity index (χ1n) is 12.1. The lowest BCUT2D eigenvalue weighted by Crippen LogP contribution is -2.39. The van der Waals surface area contributed by atoms with Gasteiger partial charge in [-0.15, -0.1) is 11.8 Å². The zero-order valence-corrected chi connectivity index (χ0v) is 24.4. The molecule has 0 unspecified atom stereocenters. The molecule has 4 aromatic rings. The standard InChI is InChI=1S/C29H29ClN4O3S2/c1-20-9-11-24(12-10-20)33(39(36,37)26-15-13-25(38-4)14-16-26)19-29(35)32-31-18-23-17-21(2)34(22(23)3)28-8-6-5-7-27(28)30/h5-18H,19H2,1-4H3,(H,32,35)/b31-18+. The smallest absolute Gasteiger partial charge is 0.264 e. The number of thioether (sulfide) groups is 1. The van der Waals surface area contributed by atoms with Gasteiger partial charge >= 0.3 is 0 Å². The van der Waals surface area contributed by atoms with E-state index in [1.165, 1.54) is 11.8 Å². The van der Waals surface area contributed by atoms with Crippen molar-refractivity contribution in [1.82, 2.24) is 9.99 Å². The molecule has 1 N–H and O–H groups in total. The van der Waals surface area contributed by atoms with Gasteiger partial charge in [-0.3, -0.25) is 9.10 Å². The average molecular weight is 581 g/mol. The average Bonchev–Trinajstić information content (AvgIpc) is 3.20. The van der Waals surface area contributed by atoms with Gasteiger partial charge in [0.15, 0.2) is 0 Å². The van der Waals surface area contributed by atoms with E-state index in [0.717, 1.165) is 37.4 Å². The number of aryl methyl sites for hydroxylation is 2. The predicted octanol–water partition coefficient (Wildman–Crippen LogP) is 6.12. The number of nitrogens with one attached hydrogen (secondary N) is 1. The van der Waals surface area contributed by atoms with E-state index in [9.17, 15) is 13.2 Å². The summed E-state index contributed by atoms with van der Waals surface area (Å²) in [6.07, 6.45) is 3.46. The maximum absolute atomic E-state index is 13.6. The number of benzene rings is 3. The normalized spacial score (nSPS) is 11.6. The second-order valence-corrected chi connectivity index (χ2v) is 12.1. The van der Waals surface area contributed by atoms with Gasteiger partial charge in [0.1, 0.15) is 6.54 Å². The van der Waals surface area contributed by atoms with Crippen LogP contribution in [0.4, 0.5) is 5.69 Å². The van der Waals surface area contributed by atoms with Crippen LogP contribution in [0.1, 0.15) is 22.5 Å². The zero-order valence-electron chi connectivity index (χ0n) is 22.1. The largest absolute Gasteiger partial charge is 0.316 e. The van der Waals surface area contributed by atoms with Gasteiger partial charge in [-0.25, -0.2) is 13.8 Å². The van der Waals surface area contributed by atoms with Gasteiger partial charge in [0.25, 0.3) is 15.9 Å². The van der Waals surface area contributed by atoms with E-state index in [-0.39, 0.29) is 4.90 Å². The molecule has 4 rings (SSSR count).